The summed E-state index contributed by atoms with van der Waals surface area (Å²) in [6.07, 6.45) is 2.56. The Bertz CT molecular complexity index is 157. The molecule has 1 saturated carbocycles. The van der Waals surface area contributed by atoms with Crippen LogP contribution in [-0.2, 0) is 0 Å². The molecule has 1 rings (SSSR count). The van der Waals surface area contributed by atoms with E-state index in [2.05, 4.69) is 31.1 Å². The smallest absolute Gasteiger partial charge is 0.0597 e. The standard InChI is InChI=1S/C11H24N2O/c1-9(2)6-13(3)7-11(8-14)12-10-4-5-10/h9-12,14H,4-8H2,1-3H3. The lowest BCUT2D eigenvalue weighted by Gasteiger charge is -2.24. The van der Waals surface area contributed by atoms with Gasteiger partial charge in [-0.05, 0) is 25.8 Å². The molecule has 0 saturated heterocycles. The minimum absolute atomic E-state index is 0.249. The Morgan fingerprint density at radius 2 is 2.00 bits per heavy atom. The Labute approximate surface area is 87.5 Å². The zero-order valence-electron chi connectivity index (χ0n) is 9.66. The second kappa shape index (κ2) is 5.69. The van der Waals surface area contributed by atoms with Crippen molar-refractivity contribution in [2.45, 2.75) is 38.8 Å². The lowest BCUT2D eigenvalue weighted by atomic mass is 10.2. The van der Waals surface area contributed by atoms with Crippen LogP contribution in [0.3, 0.4) is 0 Å². The molecule has 1 unspecified atom stereocenters. The molecule has 84 valence electrons. The van der Waals surface area contributed by atoms with Gasteiger partial charge in [0.25, 0.3) is 0 Å². The molecule has 3 nitrogen and oxygen atoms in total. The third-order valence-electron chi connectivity index (χ3n) is 2.48. The molecule has 0 aromatic rings. The summed E-state index contributed by atoms with van der Waals surface area (Å²) in [6, 6.07) is 0.936. The van der Waals surface area contributed by atoms with E-state index in [0.29, 0.717) is 12.0 Å². The van der Waals surface area contributed by atoms with E-state index in [9.17, 15) is 5.11 Å². The van der Waals surface area contributed by atoms with E-state index in [1.807, 2.05) is 0 Å². The minimum atomic E-state index is 0.249. The summed E-state index contributed by atoms with van der Waals surface area (Å²) >= 11 is 0. The van der Waals surface area contributed by atoms with Crippen LogP contribution >= 0.6 is 0 Å². The fourth-order valence-electron chi connectivity index (χ4n) is 1.82. The zero-order valence-corrected chi connectivity index (χ0v) is 9.66. The number of hydrogen-bond donors (Lipinski definition) is 2. The normalized spacial score (nSPS) is 19.3. The molecule has 3 heteroatoms. The van der Waals surface area contributed by atoms with Crippen LogP contribution in [0.15, 0.2) is 0 Å². The van der Waals surface area contributed by atoms with E-state index in [4.69, 9.17) is 0 Å². The number of likely N-dealkylation sites (N-methyl/N-ethyl adjacent to an activating group) is 1. The molecule has 1 atom stereocenters. The SMILES string of the molecule is CC(C)CN(C)CC(CO)NC1CC1. The van der Waals surface area contributed by atoms with Gasteiger partial charge in [0.2, 0.25) is 0 Å². The summed E-state index contributed by atoms with van der Waals surface area (Å²) < 4.78 is 0. The average Bonchev–Trinajstić information content (AvgIpc) is 2.85. The van der Waals surface area contributed by atoms with Gasteiger partial charge in [-0.3, -0.25) is 0 Å². The molecule has 0 spiro atoms. The van der Waals surface area contributed by atoms with E-state index in [0.717, 1.165) is 13.1 Å². The minimum Gasteiger partial charge on any atom is -0.395 e. The van der Waals surface area contributed by atoms with Gasteiger partial charge >= 0.3 is 0 Å². The molecule has 0 aliphatic heterocycles. The Morgan fingerprint density at radius 3 is 2.43 bits per heavy atom. The van der Waals surface area contributed by atoms with Crippen molar-refractivity contribution in [3.8, 4) is 0 Å². The fourth-order valence-corrected chi connectivity index (χ4v) is 1.82. The second-order valence-corrected chi connectivity index (χ2v) is 4.94. The maximum absolute atomic E-state index is 9.20. The van der Waals surface area contributed by atoms with Crippen molar-refractivity contribution in [1.82, 2.24) is 10.2 Å². The fraction of sp³-hybridized carbons (Fsp3) is 1.00. The molecule has 1 aliphatic rings. The van der Waals surface area contributed by atoms with E-state index in [1.165, 1.54) is 12.8 Å². The number of nitrogens with one attached hydrogen (secondary N) is 1. The van der Waals surface area contributed by atoms with Crippen LogP contribution in [0.25, 0.3) is 0 Å². The summed E-state index contributed by atoms with van der Waals surface area (Å²) in [5.41, 5.74) is 0. The molecule has 0 aromatic carbocycles. The molecular formula is C11H24N2O. The first-order chi connectivity index (χ1) is 6.61. The lowest BCUT2D eigenvalue weighted by molar-refractivity contribution is 0.189. The van der Waals surface area contributed by atoms with Gasteiger partial charge in [0.1, 0.15) is 0 Å². The van der Waals surface area contributed by atoms with Crippen molar-refractivity contribution in [1.29, 1.82) is 0 Å². The van der Waals surface area contributed by atoms with Crippen LogP contribution in [0.1, 0.15) is 26.7 Å². The van der Waals surface area contributed by atoms with E-state index < -0.39 is 0 Å². The van der Waals surface area contributed by atoms with Crippen LogP contribution < -0.4 is 5.32 Å². The van der Waals surface area contributed by atoms with E-state index in [-0.39, 0.29) is 12.6 Å². The van der Waals surface area contributed by atoms with Crippen LogP contribution in [-0.4, -0.2) is 48.8 Å². The van der Waals surface area contributed by atoms with E-state index >= 15 is 0 Å². The van der Waals surface area contributed by atoms with Crippen molar-refractivity contribution >= 4 is 0 Å². The van der Waals surface area contributed by atoms with Gasteiger partial charge in [-0.2, -0.15) is 0 Å². The van der Waals surface area contributed by atoms with Crippen molar-refractivity contribution in [3.63, 3.8) is 0 Å². The predicted molar refractivity (Wildman–Crippen MR) is 59.4 cm³/mol. The highest BCUT2D eigenvalue weighted by Crippen LogP contribution is 2.19. The molecule has 14 heavy (non-hydrogen) atoms. The quantitative estimate of drug-likeness (QED) is 0.634. The van der Waals surface area contributed by atoms with Crippen molar-refractivity contribution in [2.75, 3.05) is 26.7 Å². The van der Waals surface area contributed by atoms with Gasteiger partial charge < -0.3 is 15.3 Å². The second-order valence-electron chi connectivity index (χ2n) is 4.94. The third kappa shape index (κ3) is 4.94. The highest BCUT2D eigenvalue weighted by atomic mass is 16.3. The summed E-state index contributed by atoms with van der Waals surface area (Å²) in [5, 5.41) is 12.6. The van der Waals surface area contributed by atoms with Crippen molar-refractivity contribution < 1.29 is 5.11 Å². The number of nitrogens with zero attached hydrogens (tertiary/aromatic N) is 1. The van der Waals surface area contributed by atoms with Gasteiger partial charge in [0.05, 0.1) is 6.61 Å². The number of aliphatic hydroxyl groups excluding tert-OH is 1. The van der Waals surface area contributed by atoms with Gasteiger partial charge in [0.15, 0.2) is 0 Å². The molecule has 0 amide bonds. The first-order valence-electron chi connectivity index (χ1n) is 5.67. The molecule has 1 fully saturated rings. The molecule has 1 aliphatic carbocycles. The molecule has 0 radical (unpaired) electrons. The summed E-state index contributed by atoms with van der Waals surface area (Å²) in [5.74, 6) is 0.695. The number of rotatable bonds is 7. The highest BCUT2D eigenvalue weighted by Gasteiger charge is 2.24. The van der Waals surface area contributed by atoms with Gasteiger partial charge in [-0.1, -0.05) is 13.8 Å². The third-order valence-corrected chi connectivity index (χ3v) is 2.48. The van der Waals surface area contributed by atoms with Crippen LogP contribution in [0.2, 0.25) is 0 Å². The Balaban J connectivity index is 2.16. The Hall–Kier alpha value is -0.120. The maximum Gasteiger partial charge on any atom is 0.0597 e. The van der Waals surface area contributed by atoms with E-state index in [1.54, 1.807) is 0 Å². The average molecular weight is 200 g/mol. The molecular weight excluding hydrogens is 176 g/mol. The molecule has 0 bridgehead atoms. The molecule has 0 heterocycles. The van der Waals surface area contributed by atoms with Gasteiger partial charge in [0, 0.05) is 25.2 Å². The summed E-state index contributed by atoms with van der Waals surface area (Å²) in [4.78, 5) is 2.29. The largest absolute Gasteiger partial charge is 0.395 e. The highest BCUT2D eigenvalue weighted by molar-refractivity contribution is 4.85. The number of hydrogen-bond acceptors (Lipinski definition) is 3. The first-order valence-corrected chi connectivity index (χ1v) is 5.67. The van der Waals surface area contributed by atoms with Crippen molar-refractivity contribution in [2.24, 2.45) is 5.92 Å². The molecule has 0 aromatic heterocycles. The zero-order chi connectivity index (χ0) is 10.6. The Kier molecular flexibility index (Phi) is 4.85. The van der Waals surface area contributed by atoms with Crippen molar-refractivity contribution in [3.05, 3.63) is 0 Å². The predicted octanol–water partition coefficient (Wildman–Crippen LogP) is 0.687. The van der Waals surface area contributed by atoms with Crippen LogP contribution in [0.4, 0.5) is 0 Å². The molecule has 2 N–H and O–H groups in total. The number of aliphatic hydroxyl groups is 1. The van der Waals surface area contributed by atoms with Gasteiger partial charge in [-0.25, -0.2) is 0 Å². The maximum atomic E-state index is 9.20. The van der Waals surface area contributed by atoms with Gasteiger partial charge in [-0.15, -0.1) is 0 Å². The Morgan fingerprint density at radius 1 is 1.36 bits per heavy atom. The monoisotopic (exact) mass is 200 g/mol. The van der Waals surface area contributed by atoms with Crippen LogP contribution in [0, 0.1) is 5.92 Å². The van der Waals surface area contributed by atoms with Crippen LogP contribution in [0.5, 0.6) is 0 Å². The summed E-state index contributed by atoms with van der Waals surface area (Å²) in [6.45, 7) is 6.74. The topological polar surface area (TPSA) is 35.5 Å². The lowest BCUT2D eigenvalue weighted by Crippen LogP contribution is -2.43. The summed E-state index contributed by atoms with van der Waals surface area (Å²) in [7, 11) is 2.12. The first kappa shape index (κ1) is 12.0.